The minimum Gasteiger partial charge on any atom is -0.405 e. The molecule has 0 spiro atoms. The number of halogens is 4. The van der Waals surface area contributed by atoms with Crippen molar-refractivity contribution >= 4 is 12.6 Å². The zero-order valence-electron chi connectivity index (χ0n) is 11.6. The second-order valence-electron chi connectivity index (χ2n) is 5.00. The lowest BCUT2D eigenvalue weighted by atomic mass is 9.78. The van der Waals surface area contributed by atoms with Gasteiger partial charge in [0, 0.05) is 0 Å². The number of alkyl halides is 3. The third kappa shape index (κ3) is 4.42. The fourth-order valence-corrected chi connectivity index (χ4v) is 1.90. The number of rotatable bonds is 4. The van der Waals surface area contributed by atoms with Gasteiger partial charge in [-0.3, -0.25) is 0 Å². The molecule has 0 aromatic heterocycles. The summed E-state index contributed by atoms with van der Waals surface area (Å²) in [6.07, 6.45) is -6.46. The van der Waals surface area contributed by atoms with Crippen LogP contribution in [0.4, 0.5) is 17.6 Å². The SMILES string of the molecule is CC1COB(c2cc(F)cc(COC(C)C(F)(F)F)c2)O1. The molecule has 21 heavy (non-hydrogen) atoms. The normalized spacial score (nSPS) is 20.9. The van der Waals surface area contributed by atoms with Crippen molar-refractivity contribution in [2.75, 3.05) is 6.61 Å². The number of hydrogen-bond acceptors (Lipinski definition) is 3. The van der Waals surface area contributed by atoms with Crippen LogP contribution in [0.25, 0.3) is 0 Å². The van der Waals surface area contributed by atoms with Gasteiger partial charge in [-0.1, -0.05) is 6.07 Å². The van der Waals surface area contributed by atoms with E-state index in [-0.39, 0.29) is 12.7 Å². The molecule has 2 unspecified atom stereocenters. The topological polar surface area (TPSA) is 27.7 Å². The van der Waals surface area contributed by atoms with Gasteiger partial charge in [0.1, 0.15) is 5.82 Å². The van der Waals surface area contributed by atoms with Crippen LogP contribution in [0, 0.1) is 5.82 Å². The Morgan fingerprint density at radius 1 is 1.38 bits per heavy atom. The first-order valence-corrected chi connectivity index (χ1v) is 6.50. The van der Waals surface area contributed by atoms with E-state index in [1.165, 1.54) is 12.1 Å². The van der Waals surface area contributed by atoms with Gasteiger partial charge in [0.05, 0.1) is 19.3 Å². The second kappa shape index (κ2) is 6.33. The fourth-order valence-electron chi connectivity index (χ4n) is 1.90. The molecule has 1 aromatic carbocycles. The maximum atomic E-state index is 13.5. The summed E-state index contributed by atoms with van der Waals surface area (Å²) in [6, 6.07) is 3.89. The van der Waals surface area contributed by atoms with Crippen LogP contribution in [0.5, 0.6) is 0 Å². The smallest absolute Gasteiger partial charge is 0.405 e. The van der Waals surface area contributed by atoms with Crippen molar-refractivity contribution in [1.29, 1.82) is 0 Å². The first-order valence-electron chi connectivity index (χ1n) is 6.50. The van der Waals surface area contributed by atoms with Gasteiger partial charge in [-0.2, -0.15) is 13.2 Å². The van der Waals surface area contributed by atoms with Gasteiger partial charge in [0.25, 0.3) is 0 Å². The van der Waals surface area contributed by atoms with Crippen LogP contribution < -0.4 is 5.46 Å². The van der Waals surface area contributed by atoms with Crippen molar-refractivity contribution in [2.24, 2.45) is 0 Å². The zero-order valence-corrected chi connectivity index (χ0v) is 11.6. The predicted molar refractivity (Wildman–Crippen MR) is 68.6 cm³/mol. The van der Waals surface area contributed by atoms with E-state index in [0.717, 1.165) is 13.0 Å². The van der Waals surface area contributed by atoms with Crippen LogP contribution in [0.3, 0.4) is 0 Å². The molecule has 0 saturated carbocycles. The van der Waals surface area contributed by atoms with Crippen molar-refractivity contribution in [3.8, 4) is 0 Å². The Kier molecular flexibility index (Phi) is 4.90. The van der Waals surface area contributed by atoms with E-state index in [9.17, 15) is 17.6 Å². The van der Waals surface area contributed by atoms with Gasteiger partial charge in [-0.05, 0) is 37.0 Å². The lowest BCUT2D eigenvalue weighted by Gasteiger charge is -2.16. The van der Waals surface area contributed by atoms with E-state index in [0.29, 0.717) is 17.6 Å². The van der Waals surface area contributed by atoms with Crippen LogP contribution in [0.2, 0.25) is 0 Å². The average molecular weight is 306 g/mol. The molecular formula is C13H15BF4O3. The predicted octanol–water partition coefficient (Wildman–Crippen LogP) is 2.42. The maximum Gasteiger partial charge on any atom is 0.494 e. The van der Waals surface area contributed by atoms with Crippen LogP contribution in [0.1, 0.15) is 19.4 Å². The van der Waals surface area contributed by atoms with E-state index in [1.807, 2.05) is 6.92 Å². The molecule has 8 heteroatoms. The van der Waals surface area contributed by atoms with E-state index in [1.54, 1.807) is 0 Å². The molecule has 2 atom stereocenters. The fraction of sp³-hybridized carbons (Fsp3) is 0.538. The highest BCUT2D eigenvalue weighted by atomic mass is 19.4. The minimum atomic E-state index is -4.44. The molecule has 3 nitrogen and oxygen atoms in total. The van der Waals surface area contributed by atoms with E-state index in [4.69, 9.17) is 14.0 Å². The Labute approximate surface area is 120 Å². The third-order valence-corrected chi connectivity index (χ3v) is 3.05. The molecule has 1 fully saturated rings. The first-order chi connectivity index (χ1) is 9.75. The molecule has 1 aliphatic heterocycles. The molecule has 0 amide bonds. The third-order valence-electron chi connectivity index (χ3n) is 3.05. The Balaban J connectivity index is 2.05. The standard InChI is InChI=1S/C13H15BF4O3/c1-8-6-20-14(21-8)11-3-10(4-12(15)5-11)7-19-9(2)13(16,17)18/h3-5,8-9H,6-7H2,1-2H3. The summed E-state index contributed by atoms with van der Waals surface area (Å²) in [4.78, 5) is 0. The Morgan fingerprint density at radius 2 is 2.10 bits per heavy atom. The van der Waals surface area contributed by atoms with Crippen molar-refractivity contribution in [3.63, 3.8) is 0 Å². The summed E-state index contributed by atoms with van der Waals surface area (Å²) in [5.74, 6) is -0.572. The molecule has 2 rings (SSSR count). The number of benzene rings is 1. The summed E-state index contributed by atoms with van der Waals surface area (Å²) in [7, 11) is -0.700. The largest absolute Gasteiger partial charge is 0.494 e. The highest BCUT2D eigenvalue weighted by Crippen LogP contribution is 2.23. The molecule has 0 N–H and O–H groups in total. The molecule has 116 valence electrons. The molecule has 1 aliphatic rings. The summed E-state index contributed by atoms with van der Waals surface area (Å²) in [5, 5.41) is 0. The summed E-state index contributed by atoms with van der Waals surface area (Å²) < 4.78 is 66.1. The zero-order chi connectivity index (χ0) is 15.6. The second-order valence-corrected chi connectivity index (χ2v) is 5.00. The van der Waals surface area contributed by atoms with Crippen LogP contribution in [-0.2, 0) is 20.7 Å². The Hall–Kier alpha value is -1.12. The van der Waals surface area contributed by atoms with Gasteiger partial charge in [-0.15, -0.1) is 0 Å². The lowest BCUT2D eigenvalue weighted by molar-refractivity contribution is -0.217. The molecular weight excluding hydrogens is 291 g/mol. The molecule has 1 aromatic rings. The average Bonchev–Trinajstić information content (AvgIpc) is 2.81. The maximum absolute atomic E-state index is 13.5. The highest BCUT2D eigenvalue weighted by molar-refractivity contribution is 6.61. The Bertz CT molecular complexity index is 495. The van der Waals surface area contributed by atoms with Crippen molar-refractivity contribution in [2.45, 2.75) is 38.8 Å². The first kappa shape index (κ1) is 16.3. The summed E-state index contributed by atoms with van der Waals surface area (Å²) >= 11 is 0. The highest BCUT2D eigenvalue weighted by Gasteiger charge is 2.37. The van der Waals surface area contributed by atoms with Crippen LogP contribution in [0.15, 0.2) is 18.2 Å². The van der Waals surface area contributed by atoms with Crippen LogP contribution >= 0.6 is 0 Å². The van der Waals surface area contributed by atoms with Crippen molar-refractivity contribution in [3.05, 3.63) is 29.6 Å². The quantitative estimate of drug-likeness (QED) is 0.631. The number of ether oxygens (including phenoxy) is 1. The molecule has 1 saturated heterocycles. The molecule has 1 heterocycles. The van der Waals surface area contributed by atoms with Gasteiger partial charge < -0.3 is 14.0 Å². The molecule has 0 aliphatic carbocycles. The summed E-state index contributed by atoms with van der Waals surface area (Å²) in [5.41, 5.74) is 0.727. The lowest BCUT2D eigenvalue weighted by Crippen LogP contribution is -2.33. The van der Waals surface area contributed by atoms with Crippen molar-refractivity contribution in [1.82, 2.24) is 0 Å². The van der Waals surface area contributed by atoms with E-state index in [2.05, 4.69) is 0 Å². The molecule has 0 bridgehead atoms. The summed E-state index contributed by atoms with van der Waals surface area (Å²) in [6.45, 7) is 2.77. The molecule has 0 radical (unpaired) electrons. The van der Waals surface area contributed by atoms with Gasteiger partial charge in [-0.25, -0.2) is 4.39 Å². The van der Waals surface area contributed by atoms with E-state index < -0.39 is 25.2 Å². The van der Waals surface area contributed by atoms with Gasteiger partial charge in [0.2, 0.25) is 0 Å². The minimum absolute atomic E-state index is 0.108. The van der Waals surface area contributed by atoms with Crippen LogP contribution in [-0.4, -0.2) is 32.1 Å². The van der Waals surface area contributed by atoms with Crippen molar-refractivity contribution < 1.29 is 31.6 Å². The van der Waals surface area contributed by atoms with Gasteiger partial charge >= 0.3 is 13.3 Å². The monoisotopic (exact) mass is 306 g/mol. The number of hydrogen-bond donors (Lipinski definition) is 0. The Morgan fingerprint density at radius 3 is 2.67 bits per heavy atom. The van der Waals surface area contributed by atoms with Gasteiger partial charge in [0.15, 0.2) is 6.10 Å². The van der Waals surface area contributed by atoms with E-state index >= 15 is 0 Å².